The first kappa shape index (κ1) is 25.6. The van der Waals surface area contributed by atoms with Crippen LogP contribution in [0.1, 0.15) is 36.8 Å². The predicted molar refractivity (Wildman–Crippen MR) is 184 cm³/mol. The zero-order chi connectivity index (χ0) is 29.1. The van der Waals surface area contributed by atoms with E-state index < -0.39 is 0 Å². The highest BCUT2D eigenvalue weighted by Crippen LogP contribution is 2.67. The van der Waals surface area contributed by atoms with Crippen LogP contribution in [0.5, 0.6) is 0 Å². The molecule has 0 aromatic heterocycles. The summed E-state index contributed by atoms with van der Waals surface area (Å²) < 4.78 is 0. The Morgan fingerprint density at radius 1 is 0.500 bits per heavy atom. The zero-order valence-electron chi connectivity index (χ0n) is 24.9. The summed E-state index contributed by atoms with van der Waals surface area (Å²) in [4.78, 5) is 2.50. The smallest absolute Gasteiger partial charge is 0.0543 e. The quantitative estimate of drug-likeness (QED) is 0.201. The molecule has 1 spiro atoms. The first-order valence-corrected chi connectivity index (χ1v) is 16.1. The zero-order valence-corrected chi connectivity index (χ0v) is 24.9. The van der Waals surface area contributed by atoms with Gasteiger partial charge in [-0.15, -0.1) is 0 Å². The van der Waals surface area contributed by atoms with Gasteiger partial charge in [0.2, 0.25) is 0 Å². The van der Waals surface area contributed by atoms with Gasteiger partial charge >= 0.3 is 0 Å². The van der Waals surface area contributed by atoms with Gasteiger partial charge in [0.1, 0.15) is 0 Å². The van der Waals surface area contributed by atoms with E-state index in [1.165, 1.54) is 76.1 Å². The molecule has 0 amide bonds. The molecule has 3 unspecified atom stereocenters. The summed E-state index contributed by atoms with van der Waals surface area (Å²) in [5, 5.41) is 0. The number of nitrogens with zero attached hydrogens (tertiary/aromatic N) is 1. The first-order valence-electron chi connectivity index (χ1n) is 16.1. The Labute approximate surface area is 260 Å². The van der Waals surface area contributed by atoms with Gasteiger partial charge in [0.15, 0.2) is 0 Å². The lowest BCUT2D eigenvalue weighted by Crippen LogP contribution is -2.31. The SMILES string of the molecule is c1ccc(-c2ccc(N(c3cccc(-c4ccccc4)c3)c3cccc4c3-c3ccccc3C43CC4CCC3C4)cc2)cc1. The molecule has 2 saturated carbocycles. The second-order valence-corrected chi connectivity index (χ2v) is 13.0. The largest absolute Gasteiger partial charge is 0.310 e. The molecule has 3 aliphatic rings. The van der Waals surface area contributed by atoms with Crippen molar-refractivity contribution in [1.82, 2.24) is 0 Å². The normalized spacial score (nSPS) is 20.9. The van der Waals surface area contributed by atoms with E-state index in [2.05, 4.69) is 157 Å². The Hall–Kier alpha value is -4.88. The molecular formula is C43H35N. The second-order valence-electron chi connectivity index (χ2n) is 13.0. The second kappa shape index (κ2) is 10.1. The Morgan fingerprint density at radius 2 is 1.14 bits per heavy atom. The van der Waals surface area contributed by atoms with E-state index in [0.29, 0.717) is 0 Å². The number of hydrogen-bond donors (Lipinski definition) is 0. The summed E-state index contributed by atoms with van der Waals surface area (Å²) in [6, 6.07) is 56.1. The van der Waals surface area contributed by atoms with Crippen molar-refractivity contribution in [2.75, 3.05) is 4.90 Å². The Bertz CT molecular complexity index is 1970. The summed E-state index contributed by atoms with van der Waals surface area (Å²) in [5.41, 5.74) is 14.7. The van der Waals surface area contributed by atoms with Gasteiger partial charge < -0.3 is 4.90 Å². The van der Waals surface area contributed by atoms with Crippen LogP contribution in [0.3, 0.4) is 0 Å². The molecule has 44 heavy (non-hydrogen) atoms. The number of fused-ring (bicyclic) bond motifs is 8. The molecule has 6 aromatic rings. The highest BCUT2D eigenvalue weighted by atomic mass is 15.1. The molecule has 0 aliphatic heterocycles. The Kier molecular flexibility index (Phi) is 5.88. The van der Waals surface area contributed by atoms with Crippen molar-refractivity contribution in [2.24, 2.45) is 11.8 Å². The standard InChI is InChI=1S/C43H35N/c1-3-11-31(12-4-1)33-22-25-36(26-23-33)44(37-16-9-15-34(28-37)32-13-5-2-6-14-32)41-20-10-19-40-42(41)38-17-7-8-18-39(38)43(40)29-30-21-24-35(43)27-30/h1-20,22-23,25-26,28,30,35H,21,24,27,29H2. The summed E-state index contributed by atoms with van der Waals surface area (Å²) in [6.07, 6.45) is 5.42. The minimum Gasteiger partial charge on any atom is -0.310 e. The van der Waals surface area contributed by atoms with Crippen LogP contribution in [0, 0.1) is 11.8 Å². The summed E-state index contributed by atoms with van der Waals surface area (Å²) in [5.74, 6) is 1.59. The molecule has 3 aliphatic carbocycles. The van der Waals surface area contributed by atoms with Gasteiger partial charge in [-0.2, -0.15) is 0 Å². The topological polar surface area (TPSA) is 3.24 Å². The van der Waals surface area contributed by atoms with Crippen molar-refractivity contribution in [3.8, 4) is 33.4 Å². The van der Waals surface area contributed by atoms with Gasteiger partial charge in [-0.1, -0.05) is 128 Å². The summed E-state index contributed by atoms with van der Waals surface area (Å²) in [6.45, 7) is 0. The van der Waals surface area contributed by atoms with Crippen LogP contribution in [0.25, 0.3) is 33.4 Å². The predicted octanol–water partition coefficient (Wildman–Crippen LogP) is 11.6. The third-order valence-corrected chi connectivity index (χ3v) is 10.7. The van der Waals surface area contributed by atoms with E-state index in [-0.39, 0.29) is 5.41 Å². The van der Waals surface area contributed by atoms with Crippen LogP contribution in [0.4, 0.5) is 17.1 Å². The monoisotopic (exact) mass is 565 g/mol. The fourth-order valence-corrected chi connectivity index (χ4v) is 8.92. The lowest BCUT2D eigenvalue weighted by molar-refractivity contribution is 0.327. The van der Waals surface area contributed by atoms with Crippen LogP contribution >= 0.6 is 0 Å². The van der Waals surface area contributed by atoms with Crippen LogP contribution in [-0.4, -0.2) is 0 Å². The molecule has 0 saturated heterocycles. The molecule has 0 heterocycles. The van der Waals surface area contributed by atoms with Crippen molar-refractivity contribution < 1.29 is 0 Å². The van der Waals surface area contributed by atoms with Crippen LogP contribution < -0.4 is 4.90 Å². The van der Waals surface area contributed by atoms with E-state index in [1.54, 1.807) is 11.1 Å². The number of rotatable bonds is 5. The maximum atomic E-state index is 2.50. The Morgan fingerprint density at radius 3 is 1.86 bits per heavy atom. The molecule has 1 heteroatoms. The summed E-state index contributed by atoms with van der Waals surface area (Å²) >= 11 is 0. The van der Waals surface area contributed by atoms with Crippen molar-refractivity contribution in [3.05, 3.63) is 163 Å². The molecule has 212 valence electrons. The van der Waals surface area contributed by atoms with E-state index in [4.69, 9.17) is 0 Å². The number of hydrogen-bond acceptors (Lipinski definition) is 1. The van der Waals surface area contributed by atoms with Crippen molar-refractivity contribution in [1.29, 1.82) is 0 Å². The van der Waals surface area contributed by atoms with Gasteiger partial charge in [-0.05, 0) is 100 Å². The van der Waals surface area contributed by atoms with Crippen molar-refractivity contribution in [3.63, 3.8) is 0 Å². The van der Waals surface area contributed by atoms with Crippen LogP contribution in [0.2, 0.25) is 0 Å². The molecule has 6 aromatic carbocycles. The average molecular weight is 566 g/mol. The van der Waals surface area contributed by atoms with Crippen molar-refractivity contribution >= 4 is 17.1 Å². The molecule has 3 atom stereocenters. The van der Waals surface area contributed by atoms with E-state index >= 15 is 0 Å². The lowest BCUT2D eigenvalue weighted by atomic mass is 9.67. The van der Waals surface area contributed by atoms with Gasteiger partial charge in [-0.3, -0.25) is 0 Å². The van der Waals surface area contributed by atoms with Gasteiger partial charge in [0.25, 0.3) is 0 Å². The summed E-state index contributed by atoms with van der Waals surface area (Å²) in [7, 11) is 0. The van der Waals surface area contributed by atoms with Crippen LogP contribution in [0.15, 0.2) is 152 Å². The molecule has 0 N–H and O–H groups in total. The fourth-order valence-electron chi connectivity index (χ4n) is 8.92. The first-order chi connectivity index (χ1) is 21.8. The molecule has 2 bridgehead atoms. The van der Waals surface area contributed by atoms with Gasteiger partial charge in [-0.25, -0.2) is 0 Å². The molecular weight excluding hydrogens is 530 g/mol. The lowest BCUT2D eigenvalue weighted by Gasteiger charge is -2.37. The van der Waals surface area contributed by atoms with E-state index in [0.717, 1.165) is 11.8 Å². The van der Waals surface area contributed by atoms with E-state index in [9.17, 15) is 0 Å². The number of anilines is 3. The van der Waals surface area contributed by atoms with Gasteiger partial charge in [0, 0.05) is 22.4 Å². The Balaban J connectivity index is 1.26. The maximum absolute atomic E-state index is 2.50. The molecule has 0 radical (unpaired) electrons. The highest BCUT2D eigenvalue weighted by molar-refractivity contribution is 5.96. The molecule has 2 fully saturated rings. The van der Waals surface area contributed by atoms with Crippen molar-refractivity contribution in [2.45, 2.75) is 31.1 Å². The van der Waals surface area contributed by atoms with Crippen LogP contribution in [-0.2, 0) is 5.41 Å². The molecule has 1 nitrogen and oxygen atoms in total. The third kappa shape index (κ3) is 3.85. The average Bonchev–Trinajstić information content (AvgIpc) is 3.80. The minimum atomic E-state index is 0.152. The highest BCUT2D eigenvalue weighted by Gasteiger charge is 2.57. The van der Waals surface area contributed by atoms with Gasteiger partial charge in [0.05, 0.1) is 5.69 Å². The third-order valence-electron chi connectivity index (χ3n) is 10.7. The van der Waals surface area contributed by atoms with E-state index in [1.807, 2.05) is 0 Å². The molecule has 9 rings (SSSR count). The fraction of sp³-hybridized carbons (Fsp3) is 0.163. The maximum Gasteiger partial charge on any atom is 0.0543 e. The minimum absolute atomic E-state index is 0.152. The number of benzene rings is 6.